The summed E-state index contributed by atoms with van der Waals surface area (Å²) in [5, 5.41) is 12.8. The summed E-state index contributed by atoms with van der Waals surface area (Å²) in [4.78, 5) is 4.63. The highest BCUT2D eigenvalue weighted by Crippen LogP contribution is 2.36. The predicted octanol–water partition coefficient (Wildman–Crippen LogP) is 5.26. The summed E-state index contributed by atoms with van der Waals surface area (Å²) in [5.74, 6) is 2.22. The van der Waals surface area contributed by atoms with Gasteiger partial charge in [0, 0.05) is 17.0 Å². The highest BCUT2D eigenvalue weighted by atomic mass is 32.2. The molecule has 0 fully saturated rings. The van der Waals surface area contributed by atoms with Crippen molar-refractivity contribution in [2.24, 2.45) is 0 Å². The van der Waals surface area contributed by atoms with Gasteiger partial charge in [-0.25, -0.2) is 0 Å². The molecule has 7 heteroatoms. The Morgan fingerprint density at radius 1 is 1.14 bits per heavy atom. The molecule has 144 valence electrons. The molecule has 1 aliphatic heterocycles. The zero-order chi connectivity index (χ0) is 19.2. The lowest BCUT2D eigenvalue weighted by atomic mass is 10.1. The largest absolute Gasteiger partial charge is 0.465 e. The second-order valence-electron chi connectivity index (χ2n) is 6.41. The first-order valence-electron chi connectivity index (χ1n) is 9.45. The van der Waals surface area contributed by atoms with Crippen LogP contribution in [0.15, 0.2) is 58.3 Å². The molecule has 28 heavy (non-hydrogen) atoms. The summed E-state index contributed by atoms with van der Waals surface area (Å²) in [7, 11) is 0. The molecule has 1 aromatic carbocycles. The molecule has 0 spiro atoms. The van der Waals surface area contributed by atoms with Crippen LogP contribution in [-0.4, -0.2) is 27.2 Å². The van der Waals surface area contributed by atoms with Gasteiger partial charge in [0.15, 0.2) is 11.9 Å². The van der Waals surface area contributed by atoms with Gasteiger partial charge in [-0.2, -0.15) is 4.98 Å². The first-order valence-corrected chi connectivity index (χ1v) is 10.4. The summed E-state index contributed by atoms with van der Waals surface area (Å²) < 4.78 is 11.5. The number of para-hydroxylation sites is 1. The van der Waals surface area contributed by atoms with Crippen molar-refractivity contribution in [2.45, 2.75) is 37.6 Å². The van der Waals surface area contributed by atoms with Gasteiger partial charge in [0.2, 0.25) is 11.0 Å². The van der Waals surface area contributed by atoms with Crippen LogP contribution in [-0.2, 0) is 0 Å². The van der Waals surface area contributed by atoms with E-state index < -0.39 is 6.23 Å². The minimum atomic E-state index is -0.401. The number of furan rings is 1. The topological polar surface area (TPSA) is 73.1 Å². The van der Waals surface area contributed by atoms with Crippen molar-refractivity contribution in [1.82, 2.24) is 15.2 Å². The number of fused-ring (bicyclic) bond motifs is 3. The number of nitrogens with one attached hydrogen (secondary N) is 1. The average Bonchev–Trinajstić information content (AvgIpc) is 3.18. The van der Waals surface area contributed by atoms with E-state index in [1.165, 1.54) is 12.8 Å². The maximum Gasteiger partial charge on any atom is 0.247 e. The van der Waals surface area contributed by atoms with Crippen molar-refractivity contribution in [1.29, 1.82) is 0 Å². The molecule has 0 bridgehead atoms. The number of anilines is 1. The first-order chi connectivity index (χ1) is 13.8. The van der Waals surface area contributed by atoms with Gasteiger partial charge in [0.25, 0.3) is 0 Å². The quantitative estimate of drug-likeness (QED) is 0.433. The maximum absolute atomic E-state index is 6.14. The standard InChI is InChI=1S/C21H22N4O2S/c1-2-3-6-14-28-21-23-20-19(24-25-21)16-9-4-5-10-17(16)22-18(27-20)12-11-15-8-7-13-26-15/h4-5,7-13,18,22H,2-3,6,14H2,1H3/b12-11+. The number of thioether (sulfide) groups is 1. The third-order valence-corrected chi connectivity index (χ3v) is 5.24. The summed E-state index contributed by atoms with van der Waals surface area (Å²) in [5.41, 5.74) is 2.50. The predicted molar refractivity (Wildman–Crippen MR) is 111 cm³/mol. The van der Waals surface area contributed by atoms with Crippen LogP contribution in [0.2, 0.25) is 0 Å². The molecule has 1 aliphatic rings. The van der Waals surface area contributed by atoms with Crippen molar-refractivity contribution in [2.75, 3.05) is 11.1 Å². The fraction of sp³-hybridized carbons (Fsp3) is 0.286. The summed E-state index contributed by atoms with van der Waals surface area (Å²) in [6.45, 7) is 2.19. The van der Waals surface area contributed by atoms with Crippen molar-refractivity contribution in [3.05, 3.63) is 54.5 Å². The second-order valence-corrected chi connectivity index (χ2v) is 7.47. The molecule has 1 N–H and O–H groups in total. The summed E-state index contributed by atoms with van der Waals surface area (Å²) in [6, 6.07) is 11.7. The molecular weight excluding hydrogens is 372 g/mol. The Kier molecular flexibility index (Phi) is 5.92. The third kappa shape index (κ3) is 4.36. The number of hydrogen-bond acceptors (Lipinski definition) is 7. The molecule has 2 aromatic heterocycles. The molecule has 3 heterocycles. The van der Waals surface area contributed by atoms with Crippen molar-refractivity contribution in [3.63, 3.8) is 0 Å². The molecule has 3 aromatic rings. The number of hydrogen-bond donors (Lipinski definition) is 1. The molecule has 1 atom stereocenters. The first kappa shape index (κ1) is 18.6. The number of benzene rings is 1. The number of aromatic nitrogens is 3. The molecule has 0 aliphatic carbocycles. The Hall–Kier alpha value is -2.80. The summed E-state index contributed by atoms with van der Waals surface area (Å²) in [6.07, 6.45) is 8.56. The average molecular weight is 395 g/mol. The molecule has 1 unspecified atom stereocenters. The van der Waals surface area contributed by atoms with Crippen LogP contribution in [0.3, 0.4) is 0 Å². The lowest BCUT2D eigenvalue weighted by Crippen LogP contribution is -2.23. The van der Waals surface area contributed by atoms with Crippen LogP contribution in [0.4, 0.5) is 5.69 Å². The van der Waals surface area contributed by atoms with Crippen LogP contribution < -0.4 is 10.1 Å². The van der Waals surface area contributed by atoms with E-state index in [0.29, 0.717) is 16.7 Å². The second kappa shape index (κ2) is 8.93. The Labute approximate surface area is 168 Å². The van der Waals surface area contributed by atoms with Gasteiger partial charge < -0.3 is 14.5 Å². The maximum atomic E-state index is 6.14. The fourth-order valence-electron chi connectivity index (χ4n) is 2.90. The Morgan fingerprint density at radius 3 is 2.93 bits per heavy atom. The molecule has 0 amide bonds. The van der Waals surface area contributed by atoms with Gasteiger partial charge in [0.1, 0.15) is 5.76 Å². The zero-order valence-corrected chi connectivity index (χ0v) is 16.5. The van der Waals surface area contributed by atoms with E-state index in [4.69, 9.17) is 9.15 Å². The van der Waals surface area contributed by atoms with E-state index in [0.717, 1.165) is 29.2 Å². The molecule has 0 radical (unpaired) electrons. The lowest BCUT2D eigenvalue weighted by Gasteiger charge is -2.15. The zero-order valence-electron chi connectivity index (χ0n) is 15.7. The molecular formula is C21H22N4O2S. The van der Waals surface area contributed by atoms with Crippen LogP contribution >= 0.6 is 11.8 Å². The van der Waals surface area contributed by atoms with Gasteiger partial charge in [-0.05, 0) is 36.8 Å². The molecule has 0 saturated carbocycles. The van der Waals surface area contributed by atoms with Gasteiger partial charge >= 0.3 is 0 Å². The van der Waals surface area contributed by atoms with Crippen molar-refractivity contribution < 1.29 is 9.15 Å². The third-order valence-electron chi connectivity index (χ3n) is 4.31. The van der Waals surface area contributed by atoms with Crippen molar-refractivity contribution >= 4 is 23.5 Å². The van der Waals surface area contributed by atoms with E-state index >= 15 is 0 Å². The van der Waals surface area contributed by atoms with Gasteiger partial charge in [0.05, 0.1) is 6.26 Å². The monoisotopic (exact) mass is 394 g/mol. The summed E-state index contributed by atoms with van der Waals surface area (Å²) >= 11 is 1.62. The van der Waals surface area contributed by atoms with Crippen LogP contribution in [0.1, 0.15) is 31.9 Å². The SMILES string of the molecule is CCCCCSc1nnc2c(n1)OC(/C=C/c1ccco1)Nc1ccccc1-2. The van der Waals surface area contributed by atoms with E-state index in [2.05, 4.69) is 27.4 Å². The van der Waals surface area contributed by atoms with E-state index in [-0.39, 0.29) is 0 Å². The van der Waals surface area contributed by atoms with E-state index in [9.17, 15) is 0 Å². The Balaban J connectivity index is 1.61. The van der Waals surface area contributed by atoms with Crippen LogP contribution in [0.25, 0.3) is 17.3 Å². The Bertz CT molecular complexity index is 943. The highest BCUT2D eigenvalue weighted by molar-refractivity contribution is 7.99. The minimum Gasteiger partial charge on any atom is -0.465 e. The van der Waals surface area contributed by atoms with Crippen LogP contribution in [0.5, 0.6) is 5.88 Å². The van der Waals surface area contributed by atoms with Gasteiger partial charge in [-0.3, -0.25) is 0 Å². The van der Waals surface area contributed by atoms with E-state index in [1.807, 2.05) is 48.6 Å². The lowest BCUT2D eigenvalue weighted by molar-refractivity contribution is 0.266. The number of rotatable bonds is 7. The number of unbranched alkanes of at least 4 members (excludes halogenated alkanes) is 2. The Morgan fingerprint density at radius 2 is 2.07 bits per heavy atom. The molecule has 0 saturated heterocycles. The minimum absolute atomic E-state index is 0.401. The number of ether oxygens (including phenoxy) is 1. The normalized spacial score (nSPS) is 15.4. The van der Waals surface area contributed by atoms with Gasteiger partial charge in [-0.1, -0.05) is 49.7 Å². The van der Waals surface area contributed by atoms with Crippen LogP contribution in [0, 0.1) is 0 Å². The highest BCUT2D eigenvalue weighted by Gasteiger charge is 2.23. The molecule has 4 rings (SSSR count). The smallest absolute Gasteiger partial charge is 0.247 e. The van der Waals surface area contributed by atoms with Gasteiger partial charge in [-0.15, -0.1) is 10.2 Å². The van der Waals surface area contributed by atoms with Crippen molar-refractivity contribution in [3.8, 4) is 17.1 Å². The fourth-order valence-corrected chi connectivity index (χ4v) is 3.68. The van der Waals surface area contributed by atoms with E-state index in [1.54, 1.807) is 18.0 Å². The molecule has 6 nitrogen and oxygen atoms in total. The number of nitrogens with zero attached hydrogens (tertiary/aromatic N) is 3.